The van der Waals surface area contributed by atoms with Crippen molar-refractivity contribution in [3.05, 3.63) is 29.0 Å². The summed E-state index contributed by atoms with van der Waals surface area (Å²) in [5.74, 6) is -0.877. The molecule has 0 radical (unpaired) electrons. The fourth-order valence-electron chi connectivity index (χ4n) is 1.12. The van der Waals surface area contributed by atoms with E-state index < -0.39 is 17.8 Å². The second-order valence-electron chi connectivity index (χ2n) is 3.05. The van der Waals surface area contributed by atoms with Crippen molar-refractivity contribution in [1.82, 2.24) is 0 Å². The maximum atomic E-state index is 12.9. The van der Waals surface area contributed by atoms with Gasteiger partial charge < -0.3 is 10.1 Å². The van der Waals surface area contributed by atoms with Crippen molar-refractivity contribution < 1.29 is 13.9 Å². The van der Waals surface area contributed by atoms with Gasteiger partial charge in [0.1, 0.15) is 11.9 Å². The molecule has 3 nitrogen and oxygen atoms in total. The Morgan fingerprint density at radius 2 is 2.20 bits per heavy atom. The maximum Gasteiger partial charge on any atom is 0.327 e. The zero-order chi connectivity index (χ0) is 11.4. The predicted molar refractivity (Wildman–Crippen MR) is 56.5 cm³/mol. The number of hydrogen-bond acceptors (Lipinski definition) is 3. The summed E-state index contributed by atoms with van der Waals surface area (Å²) in [6.07, 6.45) is 0. The van der Waals surface area contributed by atoms with Crippen LogP contribution in [0.1, 0.15) is 6.92 Å². The van der Waals surface area contributed by atoms with Crippen LogP contribution in [0.5, 0.6) is 0 Å². The molecule has 0 bridgehead atoms. The zero-order valence-electron chi connectivity index (χ0n) is 8.38. The molecule has 0 aliphatic heterocycles. The van der Waals surface area contributed by atoms with E-state index in [1.165, 1.54) is 25.3 Å². The van der Waals surface area contributed by atoms with Crippen LogP contribution in [0.2, 0.25) is 5.02 Å². The van der Waals surface area contributed by atoms with Crippen LogP contribution in [0.25, 0.3) is 0 Å². The molecule has 0 saturated carbocycles. The van der Waals surface area contributed by atoms with E-state index in [1.54, 1.807) is 6.92 Å². The van der Waals surface area contributed by atoms with Crippen molar-refractivity contribution in [3.63, 3.8) is 0 Å². The molecule has 0 fully saturated rings. The van der Waals surface area contributed by atoms with Gasteiger partial charge in [-0.05, 0) is 25.1 Å². The number of hydrogen-bond donors (Lipinski definition) is 1. The van der Waals surface area contributed by atoms with Crippen LogP contribution in [0.3, 0.4) is 0 Å². The molecular formula is C10H11ClFNO2. The number of halogens is 2. The Morgan fingerprint density at radius 3 is 2.73 bits per heavy atom. The van der Waals surface area contributed by atoms with Gasteiger partial charge >= 0.3 is 5.97 Å². The van der Waals surface area contributed by atoms with Gasteiger partial charge in [-0.1, -0.05) is 11.6 Å². The maximum absolute atomic E-state index is 12.9. The molecule has 1 atom stereocenters. The smallest absolute Gasteiger partial charge is 0.327 e. The molecular weight excluding hydrogens is 221 g/mol. The number of carbonyl (C=O) groups is 1. The standard InChI is InChI=1S/C10H11ClFNO2/c1-6(10(14)15-2)13-9-4-7(11)3-8(12)5-9/h3-6,13H,1-2H3. The molecule has 0 amide bonds. The van der Waals surface area contributed by atoms with Gasteiger partial charge in [0.2, 0.25) is 0 Å². The van der Waals surface area contributed by atoms with Crippen LogP contribution in [0, 0.1) is 5.82 Å². The minimum atomic E-state index is -0.548. The summed E-state index contributed by atoms with van der Waals surface area (Å²) in [6.45, 7) is 1.62. The average Bonchev–Trinajstić information content (AvgIpc) is 2.14. The number of carbonyl (C=O) groups excluding carboxylic acids is 1. The SMILES string of the molecule is COC(=O)C(C)Nc1cc(F)cc(Cl)c1. The first-order valence-corrected chi connectivity index (χ1v) is 4.71. The Kier molecular flexibility index (Phi) is 3.91. The zero-order valence-corrected chi connectivity index (χ0v) is 9.14. The predicted octanol–water partition coefficient (Wildman–Crippen LogP) is 2.45. The number of nitrogens with one attached hydrogen (secondary N) is 1. The van der Waals surface area contributed by atoms with Crippen molar-refractivity contribution in [1.29, 1.82) is 0 Å². The minimum Gasteiger partial charge on any atom is -0.467 e. The van der Waals surface area contributed by atoms with Gasteiger partial charge in [-0.3, -0.25) is 0 Å². The first kappa shape index (κ1) is 11.8. The summed E-state index contributed by atoms with van der Waals surface area (Å²) in [7, 11) is 1.29. The van der Waals surface area contributed by atoms with Gasteiger partial charge in [0, 0.05) is 10.7 Å². The van der Waals surface area contributed by atoms with Gasteiger partial charge in [0.15, 0.2) is 0 Å². The summed E-state index contributed by atoms with van der Waals surface area (Å²) in [5, 5.41) is 3.05. The van der Waals surface area contributed by atoms with E-state index >= 15 is 0 Å². The monoisotopic (exact) mass is 231 g/mol. The Hall–Kier alpha value is -1.29. The number of ether oxygens (including phenoxy) is 1. The number of benzene rings is 1. The number of esters is 1. The number of anilines is 1. The lowest BCUT2D eigenvalue weighted by Crippen LogP contribution is -2.27. The minimum absolute atomic E-state index is 0.273. The lowest BCUT2D eigenvalue weighted by molar-refractivity contribution is -0.141. The summed E-state index contributed by atoms with van der Waals surface area (Å²) < 4.78 is 17.4. The van der Waals surface area contributed by atoms with E-state index in [-0.39, 0.29) is 5.02 Å². The molecule has 82 valence electrons. The lowest BCUT2D eigenvalue weighted by Gasteiger charge is -2.12. The Balaban J connectivity index is 2.76. The molecule has 0 aliphatic carbocycles. The summed E-state index contributed by atoms with van der Waals surface area (Å²) in [5.41, 5.74) is 0.443. The highest BCUT2D eigenvalue weighted by Crippen LogP contribution is 2.18. The Bertz CT molecular complexity index is 350. The van der Waals surface area contributed by atoms with Crippen molar-refractivity contribution in [3.8, 4) is 0 Å². The Morgan fingerprint density at radius 1 is 1.53 bits per heavy atom. The van der Waals surface area contributed by atoms with Crippen molar-refractivity contribution in [2.75, 3.05) is 12.4 Å². The summed E-state index contributed by atoms with van der Waals surface area (Å²) in [4.78, 5) is 11.1. The van der Waals surface area contributed by atoms with E-state index in [9.17, 15) is 9.18 Å². The largest absolute Gasteiger partial charge is 0.467 e. The highest BCUT2D eigenvalue weighted by atomic mass is 35.5. The third kappa shape index (κ3) is 3.40. The second-order valence-corrected chi connectivity index (χ2v) is 3.48. The molecule has 0 aliphatic rings. The highest BCUT2D eigenvalue weighted by molar-refractivity contribution is 6.30. The third-order valence-electron chi connectivity index (χ3n) is 1.80. The van der Waals surface area contributed by atoms with Crippen LogP contribution in [-0.2, 0) is 9.53 Å². The molecule has 0 saturated heterocycles. The second kappa shape index (κ2) is 4.98. The van der Waals surface area contributed by atoms with Crippen molar-refractivity contribution >= 4 is 23.3 Å². The molecule has 1 aromatic rings. The van der Waals surface area contributed by atoms with Crippen LogP contribution in [0.4, 0.5) is 10.1 Å². The van der Waals surface area contributed by atoms with E-state index in [0.717, 1.165) is 0 Å². The molecule has 0 spiro atoms. The molecule has 5 heteroatoms. The molecule has 1 aromatic carbocycles. The fraction of sp³-hybridized carbons (Fsp3) is 0.300. The highest BCUT2D eigenvalue weighted by Gasteiger charge is 2.12. The normalized spacial score (nSPS) is 12.0. The summed E-state index contributed by atoms with van der Waals surface area (Å²) >= 11 is 5.65. The van der Waals surface area contributed by atoms with Crippen LogP contribution in [0.15, 0.2) is 18.2 Å². The van der Waals surface area contributed by atoms with Crippen molar-refractivity contribution in [2.45, 2.75) is 13.0 Å². The van der Waals surface area contributed by atoms with E-state index in [2.05, 4.69) is 10.1 Å². The molecule has 1 N–H and O–H groups in total. The lowest BCUT2D eigenvalue weighted by atomic mass is 10.2. The van der Waals surface area contributed by atoms with Gasteiger partial charge in [-0.2, -0.15) is 0 Å². The van der Waals surface area contributed by atoms with Gasteiger partial charge in [0.25, 0.3) is 0 Å². The topological polar surface area (TPSA) is 38.3 Å². The van der Waals surface area contributed by atoms with Gasteiger partial charge in [-0.15, -0.1) is 0 Å². The molecule has 1 unspecified atom stereocenters. The average molecular weight is 232 g/mol. The van der Waals surface area contributed by atoms with Crippen molar-refractivity contribution in [2.24, 2.45) is 0 Å². The van der Waals surface area contributed by atoms with Crippen LogP contribution in [-0.4, -0.2) is 19.1 Å². The van der Waals surface area contributed by atoms with Gasteiger partial charge in [-0.25, -0.2) is 9.18 Å². The molecule has 0 heterocycles. The number of rotatable bonds is 3. The van der Waals surface area contributed by atoms with Gasteiger partial charge in [0.05, 0.1) is 7.11 Å². The van der Waals surface area contributed by atoms with E-state index in [0.29, 0.717) is 5.69 Å². The quantitative estimate of drug-likeness (QED) is 0.813. The van der Waals surface area contributed by atoms with Crippen LogP contribution >= 0.6 is 11.6 Å². The van der Waals surface area contributed by atoms with E-state index in [1.807, 2.05) is 0 Å². The summed E-state index contributed by atoms with van der Waals surface area (Å²) in [6, 6.07) is 3.43. The fourth-order valence-corrected chi connectivity index (χ4v) is 1.34. The molecule has 15 heavy (non-hydrogen) atoms. The number of methoxy groups -OCH3 is 1. The third-order valence-corrected chi connectivity index (χ3v) is 2.02. The first-order valence-electron chi connectivity index (χ1n) is 4.33. The molecule has 0 aromatic heterocycles. The van der Waals surface area contributed by atoms with Crippen LogP contribution < -0.4 is 5.32 Å². The molecule has 1 rings (SSSR count). The van der Waals surface area contributed by atoms with E-state index in [4.69, 9.17) is 11.6 Å². The Labute approximate surface area is 92.2 Å². The first-order chi connectivity index (χ1) is 7.02.